The van der Waals surface area contributed by atoms with E-state index in [9.17, 15) is 13.3 Å². The molecule has 0 aliphatic carbocycles. The molecule has 0 amide bonds. The number of hydrogen-bond donors (Lipinski definition) is 2. The summed E-state index contributed by atoms with van der Waals surface area (Å²) in [4.78, 5) is 17.1. The first-order valence-corrected chi connectivity index (χ1v) is 8.31. The Morgan fingerprint density at radius 3 is 2.00 bits per heavy atom. The fourth-order valence-electron chi connectivity index (χ4n) is 1.14. The van der Waals surface area contributed by atoms with E-state index in [4.69, 9.17) is 9.79 Å². The molecule has 1 rings (SSSR count). The molecule has 18 heavy (non-hydrogen) atoms. The van der Waals surface area contributed by atoms with Gasteiger partial charge in [0, 0.05) is 11.3 Å². The number of rotatable bonds is 4. The van der Waals surface area contributed by atoms with E-state index >= 15 is 0 Å². The highest BCUT2D eigenvalue weighted by molar-refractivity contribution is 7.97. The summed E-state index contributed by atoms with van der Waals surface area (Å²) in [7, 11) is -5.46. The Morgan fingerprint density at radius 1 is 1.22 bits per heavy atom. The van der Waals surface area contributed by atoms with Crippen molar-refractivity contribution in [1.82, 2.24) is 0 Å². The second kappa shape index (κ2) is 7.24. The Hall–Kier alpha value is -0.420. The predicted octanol–water partition coefficient (Wildman–Crippen LogP) is 3.80. The molecule has 2 N–H and O–H groups in total. The van der Waals surface area contributed by atoms with Crippen molar-refractivity contribution >= 4 is 19.4 Å². The first-order valence-electron chi connectivity index (χ1n) is 5.31. The second-order valence-corrected chi connectivity index (χ2v) is 5.73. The van der Waals surface area contributed by atoms with Crippen LogP contribution in [0.4, 0.5) is 8.78 Å². The van der Waals surface area contributed by atoms with Crippen molar-refractivity contribution < 1.29 is 23.1 Å². The van der Waals surface area contributed by atoms with Crippen molar-refractivity contribution in [1.29, 1.82) is 0 Å². The van der Waals surface area contributed by atoms with Crippen molar-refractivity contribution in [3.63, 3.8) is 0 Å². The molecule has 0 saturated heterocycles. The van der Waals surface area contributed by atoms with Crippen LogP contribution >= 0.6 is 19.4 Å². The minimum Gasteiger partial charge on any atom is -0.320 e. The molecule has 0 radical (unpaired) electrons. The Labute approximate surface area is 110 Å². The SMILES string of the molecule is CC.CSCc1ccc(C(F)(F)P(=O)(O)O)cc1. The van der Waals surface area contributed by atoms with Gasteiger partial charge in [0.2, 0.25) is 0 Å². The third-order valence-corrected chi connectivity index (χ3v) is 3.59. The van der Waals surface area contributed by atoms with Gasteiger partial charge >= 0.3 is 13.3 Å². The lowest BCUT2D eigenvalue weighted by Gasteiger charge is -2.17. The van der Waals surface area contributed by atoms with E-state index in [1.54, 1.807) is 0 Å². The molecule has 0 heterocycles. The molecule has 7 heteroatoms. The Balaban J connectivity index is 0.00000137. The van der Waals surface area contributed by atoms with Crippen LogP contribution in [-0.2, 0) is 16.0 Å². The number of hydrogen-bond acceptors (Lipinski definition) is 2. The smallest absolute Gasteiger partial charge is 0.320 e. The lowest BCUT2D eigenvalue weighted by Crippen LogP contribution is -2.13. The second-order valence-electron chi connectivity index (χ2n) is 3.22. The summed E-state index contributed by atoms with van der Waals surface area (Å²) in [6.45, 7) is 4.00. The number of halogens is 2. The molecule has 3 nitrogen and oxygen atoms in total. The van der Waals surface area contributed by atoms with Crippen LogP contribution in [0.3, 0.4) is 0 Å². The molecule has 1 aromatic rings. The first kappa shape index (κ1) is 17.6. The molecule has 0 spiro atoms. The third kappa shape index (κ3) is 4.35. The fourth-order valence-corrected chi connectivity index (χ4v) is 2.15. The van der Waals surface area contributed by atoms with Gasteiger partial charge in [-0.05, 0) is 11.8 Å². The van der Waals surface area contributed by atoms with Crippen LogP contribution in [0.2, 0.25) is 0 Å². The van der Waals surface area contributed by atoms with Crippen LogP contribution in [0.5, 0.6) is 0 Å². The average Bonchev–Trinajstić information content (AvgIpc) is 2.31. The fraction of sp³-hybridized carbons (Fsp3) is 0.455. The Bertz CT molecular complexity index is 403. The van der Waals surface area contributed by atoms with Crippen molar-refractivity contribution in [2.24, 2.45) is 0 Å². The molecule has 0 saturated carbocycles. The van der Waals surface area contributed by atoms with Gasteiger partial charge in [-0.25, -0.2) is 0 Å². The van der Waals surface area contributed by atoms with Gasteiger partial charge < -0.3 is 9.79 Å². The zero-order chi connectivity index (χ0) is 14.4. The van der Waals surface area contributed by atoms with Gasteiger partial charge in [-0.15, -0.1) is 0 Å². The van der Waals surface area contributed by atoms with E-state index in [0.29, 0.717) is 5.75 Å². The van der Waals surface area contributed by atoms with Crippen LogP contribution in [0, 0.1) is 0 Å². The normalized spacial score (nSPS) is 11.7. The maximum atomic E-state index is 13.2. The molecular formula is C11H17F2O3PS. The summed E-state index contributed by atoms with van der Waals surface area (Å²) in [5, 5.41) is 0. The zero-order valence-corrected chi connectivity index (χ0v) is 12.1. The van der Waals surface area contributed by atoms with Crippen LogP contribution < -0.4 is 0 Å². The summed E-state index contributed by atoms with van der Waals surface area (Å²) < 4.78 is 37.0. The Morgan fingerprint density at radius 2 is 1.67 bits per heavy atom. The molecular weight excluding hydrogens is 281 g/mol. The van der Waals surface area contributed by atoms with Crippen molar-refractivity contribution in [2.45, 2.75) is 25.3 Å². The summed E-state index contributed by atoms with van der Waals surface area (Å²) in [5.41, 5.74) is -3.95. The highest BCUT2D eigenvalue weighted by Gasteiger charge is 2.50. The quantitative estimate of drug-likeness (QED) is 0.830. The standard InChI is InChI=1S/C9H11F2O3PS.C2H6/c1-16-6-7-2-4-8(5-3-7)9(10,11)15(12,13)14;1-2/h2-5H,6H2,1H3,(H2,12,13,14);1-2H3. The van der Waals surface area contributed by atoms with Crippen molar-refractivity contribution in [3.05, 3.63) is 35.4 Å². The van der Waals surface area contributed by atoms with Crippen LogP contribution in [0.1, 0.15) is 25.0 Å². The van der Waals surface area contributed by atoms with E-state index in [1.807, 2.05) is 20.1 Å². The number of alkyl halides is 2. The lowest BCUT2D eigenvalue weighted by atomic mass is 10.1. The molecule has 0 unspecified atom stereocenters. The van der Waals surface area contributed by atoms with Crippen molar-refractivity contribution in [2.75, 3.05) is 6.26 Å². The van der Waals surface area contributed by atoms with Gasteiger partial charge in [-0.1, -0.05) is 38.1 Å². The van der Waals surface area contributed by atoms with Crippen LogP contribution in [0.15, 0.2) is 24.3 Å². The third-order valence-electron chi connectivity index (χ3n) is 1.98. The summed E-state index contributed by atoms with van der Waals surface area (Å²) >= 11 is 1.53. The Kier molecular flexibility index (Phi) is 7.07. The van der Waals surface area contributed by atoms with E-state index in [2.05, 4.69) is 0 Å². The summed E-state index contributed by atoms with van der Waals surface area (Å²) in [6.07, 6.45) is 1.87. The number of thioether (sulfide) groups is 1. The predicted molar refractivity (Wildman–Crippen MR) is 70.9 cm³/mol. The largest absolute Gasteiger partial charge is 0.399 e. The molecule has 0 fully saturated rings. The van der Waals surface area contributed by atoms with E-state index in [-0.39, 0.29) is 0 Å². The van der Waals surface area contributed by atoms with Gasteiger partial charge in [0.15, 0.2) is 0 Å². The molecule has 0 aliphatic rings. The molecule has 0 atom stereocenters. The van der Waals surface area contributed by atoms with E-state index in [1.165, 1.54) is 23.9 Å². The van der Waals surface area contributed by atoms with Gasteiger partial charge in [0.05, 0.1) is 0 Å². The molecule has 104 valence electrons. The van der Waals surface area contributed by atoms with E-state index < -0.39 is 18.8 Å². The highest BCUT2D eigenvalue weighted by atomic mass is 32.2. The molecule has 0 aromatic heterocycles. The van der Waals surface area contributed by atoms with Crippen molar-refractivity contribution in [3.8, 4) is 0 Å². The van der Waals surface area contributed by atoms with Gasteiger partial charge in [0.1, 0.15) is 0 Å². The van der Waals surface area contributed by atoms with Gasteiger partial charge in [-0.3, -0.25) is 4.57 Å². The van der Waals surface area contributed by atoms with Crippen LogP contribution in [0.25, 0.3) is 0 Å². The lowest BCUT2D eigenvalue weighted by molar-refractivity contribution is 0.0564. The molecule has 0 aliphatic heterocycles. The van der Waals surface area contributed by atoms with E-state index in [0.717, 1.165) is 17.7 Å². The molecule has 0 bridgehead atoms. The van der Waals surface area contributed by atoms with Gasteiger partial charge in [0.25, 0.3) is 0 Å². The molecule has 1 aromatic carbocycles. The topological polar surface area (TPSA) is 57.5 Å². The zero-order valence-electron chi connectivity index (χ0n) is 10.4. The number of benzene rings is 1. The van der Waals surface area contributed by atoms with Gasteiger partial charge in [-0.2, -0.15) is 20.5 Å². The summed E-state index contributed by atoms with van der Waals surface area (Å²) in [5.74, 6) is 0.668. The maximum Gasteiger partial charge on any atom is 0.399 e. The first-order chi connectivity index (χ1) is 8.29. The maximum absolute atomic E-state index is 13.2. The average molecular weight is 298 g/mol. The monoisotopic (exact) mass is 298 g/mol. The highest BCUT2D eigenvalue weighted by Crippen LogP contribution is 2.59. The summed E-state index contributed by atoms with van der Waals surface area (Å²) in [6, 6.07) is 4.97. The minimum absolute atomic E-state index is 0.661. The van der Waals surface area contributed by atoms with Crippen LogP contribution in [-0.4, -0.2) is 16.0 Å². The minimum atomic E-state index is -5.46.